The van der Waals surface area contributed by atoms with E-state index in [1.807, 2.05) is 0 Å². The van der Waals surface area contributed by atoms with Crippen LogP contribution in [0.25, 0.3) is 11.0 Å². The Bertz CT molecular complexity index is 821. The molecular formula is C14H14ClNO4S. The lowest BCUT2D eigenvalue weighted by Gasteiger charge is -1.99. The molecule has 7 heteroatoms. The molecule has 0 fully saturated rings. The predicted molar refractivity (Wildman–Crippen MR) is 82.3 cm³/mol. The lowest BCUT2D eigenvalue weighted by atomic mass is 10.1. The maximum Gasteiger partial charge on any atom is 0.287 e. The minimum Gasteiger partial charge on any atom is -0.451 e. The van der Waals surface area contributed by atoms with Gasteiger partial charge in [0, 0.05) is 34.2 Å². The van der Waals surface area contributed by atoms with E-state index in [4.69, 9.17) is 16.0 Å². The highest BCUT2D eigenvalue weighted by molar-refractivity contribution is 7.93. The molecule has 1 heterocycles. The van der Waals surface area contributed by atoms with E-state index in [9.17, 15) is 13.2 Å². The molecule has 21 heavy (non-hydrogen) atoms. The summed E-state index contributed by atoms with van der Waals surface area (Å²) in [4.78, 5) is 12.0. The highest BCUT2D eigenvalue weighted by atomic mass is 35.5. The quantitative estimate of drug-likeness (QED) is 0.936. The third-order valence-electron chi connectivity index (χ3n) is 2.83. The molecule has 1 aromatic heterocycles. The average Bonchev–Trinajstić information content (AvgIpc) is 2.71. The van der Waals surface area contributed by atoms with E-state index in [-0.39, 0.29) is 12.3 Å². The number of fused-ring (bicyclic) bond motifs is 1. The number of nitrogens with one attached hydrogen (secondary N) is 1. The molecule has 2 rings (SSSR count). The molecule has 2 aromatic rings. The summed E-state index contributed by atoms with van der Waals surface area (Å²) in [5, 5.41) is 4.95. The summed E-state index contributed by atoms with van der Waals surface area (Å²) < 4.78 is 27.3. The van der Waals surface area contributed by atoms with Crippen LogP contribution < -0.4 is 5.32 Å². The molecule has 0 aliphatic heterocycles. The van der Waals surface area contributed by atoms with Crippen molar-refractivity contribution in [2.45, 2.75) is 6.92 Å². The van der Waals surface area contributed by atoms with E-state index in [1.165, 1.54) is 6.08 Å². The van der Waals surface area contributed by atoms with Crippen LogP contribution >= 0.6 is 11.6 Å². The molecule has 0 radical (unpaired) electrons. The molecular weight excluding hydrogens is 314 g/mol. The van der Waals surface area contributed by atoms with Crippen LogP contribution in [-0.2, 0) is 9.84 Å². The van der Waals surface area contributed by atoms with Gasteiger partial charge in [0.25, 0.3) is 5.91 Å². The Balaban J connectivity index is 2.17. The van der Waals surface area contributed by atoms with Crippen molar-refractivity contribution in [2.24, 2.45) is 0 Å². The first kappa shape index (κ1) is 15.6. The van der Waals surface area contributed by atoms with Crippen LogP contribution in [0.3, 0.4) is 0 Å². The highest BCUT2D eigenvalue weighted by Crippen LogP contribution is 2.27. The first-order valence-electron chi connectivity index (χ1n) is 6.11. The summed E-state index contributed by atoms with van der Waals surface area (Å²) in [5.74, 6) is -0.210. The number of aryl methyl sites for hydroxylation is 1. The summed E-state index contributed by atoms with van der Waals surface area (Å²) >= 11 is 5.92. The molecule has 5 nitrogen and oxygen atoms in total. The zero-order valence-corrected chi connectivity index (χ0v) is 13.1. The number of rotatable bonds is 4. The lowest BCUT2D eigenvalue weighted by Crippen LogP contribution is -2.23. The van der Waals surface area contributed by atoms with E-state index in [0.717, 1.165) is 17.1 Å². The monoisotopic (exact) mass is 327 g/mol. The molecule has 0 bridgehead atoms. The Labute approximate surface area is 127 Å². The zero-order chi connectivity index (χ0) is 15.6. The zero-order valence-electron chi connectivity index (χ0n) is 11.5. The fraction of sp³-hybridized carbons (Fsp3) is 0.214. The second kappa shape index (κ2) is 5.91. The van der Waals surface area contributed by atoms with Crippen LogP contribution in [-0.4, -0.2) is 27.1 Å². The molecule has 0 aliphatic rings. The third kappa shape index (κ3) is 3.86. The van der Waals surface area contributed by atoms with Crippen LogP contribution in [0, 0.1) is 6.92 Å². The molecule has 112 valence electrons. The number of sulfone groups is 1. The summed E-state index contributed by atoms with van der Waals surface area (Å²) in [6, 6.07) is 5.12. The van der Waals surface area contributed by atoms with Gasteiger partial charge in [-0.15, -0.1) is 0 Å². The van der Waals surface area contributed by atoms with E-state index in [0.29, 0.717) is 16.2 Å². The number of carbonyl (C=O) groups excluding carboxylic acids is 1. The largest absolute Gasteiger partial charge is 0.451 e. The second-order valence-corrected chi connectivity index (χ2v) is 6.98. The van der Waals surface area contributed by atoms with Gasteiger partial charge in [-0.2, -0.15) is 0 Å². The molecule has 1 N–H and O–H groups in total. The Hall–Kier alpha value is -1.79. The SMILES string of the molecule is Cc1c(C(=O)NC/C=C/S(C)(=O)=O)oc2ccc(Cl)cc12. The number of hydrogen-bond donors (Lipinski definition) is 1. The lowest BCUT2D eigenvalue weighted by molar-refractivity contribution is 0.0931. The van der Waals surface area contributed by atoms with Gasteiger partial charge in [0.1, 0.15) is 5.58 Å². The van der Waals surface area contributed by atoms with Crippen molar-refractivity contribution >= 4 is 38.3 Å². The number of halogens is 1. The summed E-state index contributed by atoms with van der Waals surface area (Å²) in [6.45, 7) is 1.87. The van der Waals surface area contributed by atoms with Crippen molar-refractivity contribution in [3.05, 3.63) is 46.0 Å². The number of hydrogen-bond acceptors (Lipinski definition) is 4. The van der Waals surface area contributed by atoms with Crippen LogP contribution in [0.1, 0.15) is 16.1 Å². The van der Waals surface area contributed by atoms with E-state index in [2.05, 4.69) is 5.32 Å². The van der Waals surface area contributed by atoms with Gasteiger partial charge in [-0.05, 0) is 25.1 Å². The van der Waals surface area contributed by atoms with Crippen molar-refractivity contribution in [3.63, 3.8) is 0 Å². The first-order chi connectivity index (χ1) is 9.78. The number of amides is 1. The minimum absolute atomic E-state index is 0.100. The summed E-state index contributed by atoms with van der Waals surface area (Å²) in [7, 11) is -3.19. The third-order valence-corrected chi connectivity index (χ3v) is 3.75. The summed E-state index contributed by atoms with van der Waals surface area (Å²) in [6.07, 6.45) is 2.44. The van der Waals surface area contributed by atoms with Crippen molar-refractivity contribution < 1.29 is 17.6 Å². The van der Waals surface area contributed by atoms with Gasteiger partial charge in [-0.25, -0.2) is 8.42 Å². The smallest absolute Gasteiger partial charge is 0.287 e. The normalized spacial score (nSPS) is 12.1. The Morgan fingerprint density at radius 3 is 2.81 bits per heavy atom. The van der Waals surface area contributed by atoms with Gasteiger partial charge in [0.15, 0.2) is 15.6 Å². The molecule has 0 saturated heterocycles. The molecule has 0 saturated carbocycles. The second-order valence-electron chi connectivity index (χ2n) is 4.61. The number of carbonyl (C=O) groups is 1. The number of benzene rings is 1. The Morgan fingerprint density at radius 2 is 2.14 bits per heavy atom. The van der Waals surface area contributed by atoms with Crippen LogP contribution in [0.2, 0.25) is 5.02 Å². The van der Waals surface area contributed by atoms with Gasteiger partial charge >= 0.3 is 0 Å². The average molecular weight is 328 g/mol. The van der Waals surface area contributed by atoms with Crippen LogP contribution in [0.5, 0.6) is 0 Å². The molecule has 1 amide bonds. The maximum atomic E-state index is 12.0. The molecule has 0 unspecified atom stereocenters. The number of furan rings is 1. The molecule has 0 spiro atoms. The Kier molecular flexibility index (Phi) is 4.39. The fourth-order valence-corrected chi connectivity index (χ4v) is 2.48. The van der Waals surface area contributed by atoms with Gasteiger partial charge in [0.2, 0.25) is 0 Å². The van der Waals surface area contributed by atoms with Crippen LogP contribution in [0.4, 0.5) is 0 Å². The van der Waals surface area contributed by atoms with Crippen molar-refractivity contribution in [2.75, 3.05) is 12.8 Å². The van der Waals surface area contributed by atoms with Crippen molar-refractivity contribution in [1.82, 2.24) is 5.32 Å². The van der Waals surface area contributed by atoms with Crippen molar-refractivity contribution in [1.29, 1.82) is 0 Å². The molecule has 0 aliphatic carbocycles. The topological polar surface area (TPSA) is 76.4 Å². The predicted octanol–water partition coefficient (Wildman–Crippen LogP) is 2.68. The van der Waals surface area contributed by atoms with Crippen molar-refractivity contribution in [3.8, 4) is 0 Å². The van der Waals surface area contributed by atoms with Gasteiger partial charge in [-0.3, -0.25) is 4.79 Å². The fourth-order valence-electron chi connectivity index (χ4n) is 1.86. The standard InChI is InChI=1S/C14H14ClNO4S/c1-9-11-8-10(15)4-5-12(11)20-13(9)14(17)16-6-3-7-21(2,18)19/h3-5,7-8H,6H2,1-2H3,(H,16,17)/b7-3+. The van der Waals surface area contributed by atoms with Crippen LogP contribution in [0.15, 0.2) is 34.1 Å². The van der Waals surface area contributed by atoms with E-state index >= 15 is 0 Å². The highest BCUT2D eigenvalue weighted by Gasteiger charge is 2.17. The minimum atomic E-state index is -3.19. The maximum absolute atomic E-state index is 12.0. The van der Waals surface area contributed by atoms with E-state index in [1.54, 1.807) is 25.1 Å². The summed E-state index contributed by atoms with van der Waals surface area (Å²) in [5.41, 5.74) is 1.27. The van der Waals surface area contributed by atoms with Gasteiger partial charge in [0.05, 0.1) is 0 Å². The van der Waals surface area contributed by atoms with E-state index < -0.39 is 15.7 Å². The molecule has 0 atom stereocenters. The van der Waals surface area contributed by atoms with Gasteiger partial charge < -0.3 is 9.73 Å². The molecule has 1 aromatic carbocycles. The first-order valence-corrected chi connectivity index (χ1v) is 8.44. The van der Waals surface area contributed by atoms with Gasteiger partial charge in [-0.1, -0.05) is 17.7 Å². The Morgan fingerprint density at radius 1 is 1.43 bits per heavy atom.